The normalized spacial score (nSPS) is 13.2. The quantitative estimate of drug-likeness (QED) is 0.526. The third-order valence-corrected chi connectivity index (χ3v) is 6.77. The molecule has 0 aromatic carbocycles. The van der Waals surface area contributed by atoms with Crippen LogP contribution in [-0.4, -0.2) is 13.1 Å². The van der Waals surface area contributed by atoms with E-state index >= 15 is 0 Å². The molecule has 0 aromatic heterocycles. The minimum absolute atomic E-state index is 0.369. The van der Waals surface area contributed by atoms with Crippen molar-refractivity contribution in [2.24, 2.45) is 0 Å². The molecule has 12 heavy (non-hydrogen) atoms. The van der Waals surface area contributed by atoms with Crippen molar-refractivity contribution >= 4 is 8.32 Å². The molecule has 1 nitrogen and oxygen atoms in total. The van der Waals surface area contributed by atoms with E-state index in [1.165, 1.54) is 0 Å². The van der Waals surface area contributed by atoms with Gasteiger partial charge in [-0.2, -0.15) is 0 Å². The van der Waals surface area contributed by atoms with Crippen LogP contribution in [0.5, 0.6) is 0 Å². The smallest absolute Gasteiger partial charge is 0.218 e. The molecule has 0 aliphatic carbocycles. The Hall–Kier alpha value is -0.343. The van der Waals surface area contributed by atoms with Crippen molar-refractivity contribution in [1.82, 2.24) is 0 Å². The van der Waals surface area contributed by atoms with Crippen LogP contribution < -0.4 is 0 Å². The maximum absolute atomic E-state index is 10.3. The minimum Gasteiger partial charge on any atom is -0.427 e. The third-order valence-electron chi connectivity index (χ3n) is 2.35. The fraction of sp³-hybridized carbons (Fsp3) is 0.600. The van der Waals surface area contributed by atoms with E-state index in [9.17, 15) is 4.80 Å². The number of hydrogen-bond acceptors (Lipinski definition) is 1. The van der Waals surface area contributed by atoms with E-state index in [0.717, 1.165) is 0 Å². The zero-order chi connectivity index (χ0) is 9.78. The molecule has 0 unspecified atom stereocenters. The SMILES string of the molecule is C=C/C=C/[Si](O)(C(C)C)C(C)C. The molecule has 0 rings (SSSR count). The van der Waals surface area contributed by atoms with E-state index in [1.807, 2.05) is 11.8 Å². The van der Waals surface area contributed by atoms with Gasteiger partial charge < -0.3 is 4.80 Å². The van der Waals surface area contributed by atoms with Crippen molar-refractivity contribution in [2.45, 2.75) is 38.8 Å². The van der Waals surface area contributed by atoms with E-state index in [1.54, 1.807) is 6.08 Å². The van der Waals surface area contributed by atoms with Crippen LogP contribution in [0.25, 0.3) is 0 Å². The molecule has 0 radical (unpaired) electrons. The van der Waals surface area contributed by atoms with Gasteiger partial charge in [0, 0.05) is 0 Å². The highest BCUT2D eigenvalue weighted by atomic mass is 28.4. The Bertz CT molecular complexity index is 163. The molecule has 0 fully saturated rings. The van der Waals surface area contributed by atoms with Crippen molar-refractivity contribution in [1.29, 1.82) is 0 Å². The first-order valence-electron chi connectivity index (χ1n) is 4.47. The predicted octanol–water partition coefficient (Wildman–Crippen LogP) is 3.03. The maximum Gasteiger partial charge on any atom is 0.218 e. The molecule has 2 heteroatoms. The zero-order valence-corrected chi connectivity index (χ0v) is 9.54. The highest BCUT2D eigenvalue weighted by molar-refractivity contribution is 6.79. The predicted molar refractivity (Wildman–Crippen MR) is 57.5 cm³/mol. The number of hydrogen-bond donors (Lipinski definition) is 1. The molecule has 0 saturated heterocycles. The molecule has 0 spiro atoms. The molecule has 0 aliphatic heterocycles. The lowest BCUT2D eigenvalue weighted by Gasteiger charge is -2.29. The second-order valence-electron chi connectivity index (χ2n) is 3.79. The molecule has 70 valence electrons. The van der Waals surface area contributed by atoms with Gasteiger partial charge in [-0.25, -0.2) is 0 Å². The second kappa shape index (κ2) is 4.63. The van der Waals surface area contributed by atoms with Crippen LogP contribution in [0, 0.1) is 0 Å². The average molecular weight is 184 g/mol. The minimum atomic E-state index is -2.18. The largest absolute Gasteiger partial charge is 0.427 e. The molecule has 1 N–H and O–H groups in total. The average Bonchev–Trinajstić information content (AvgIpc) is 1.99. The molecule has 0 atom stereocenters. The van der Waals surface area contributed by atoms with Gasteiger partial charge in [-0.3, -0.25) is 0 Å². The van der Waals surface area contributed by atoms with Gasteiger partial charge in [0.25, 0.3) is 0 Å². The molecule has 0 heterocycles. The number of rotatable bonds is 4. The summed E-state index contributed by atoms with van der Waals surface area (Å²) in [4.78, 5) is 10.3. The summed E-state index contributed by atoms with van der Waals surface area (Å²) < 4.78 is 0. The van der Waals surface area contributed by atoms with Gasteiger partial charge in [0.15, 0.2) is 0 Å². The molecule has 0 amide bonds. The molecule has 0 saturated carbocycles. The monoisotopic (exact) mass is 184 g/mol. The van der Waals surface area contributed by atoms with Gasteiger partial charge >= 0.3 is 0 Å². The maximum atomic E-state index is 10.3. The lowest BCUT2D eigenvalue weighted by Crippen LogP contribution is -2.39. The van der Waals surface area contributed by atoms with Gasteiger partial charge in [-0.1, -0.05) is 52.1 Å². The van der Waals surface area contributed by atoms with E-state index < -0.39 is 8.32 Å². The van der Waals surface area contributed by atoms with Crippen LogP contribution in [0.2, 0.25) is 11.1 Å². The Morgan fingerprint density at radius 2 is 1.58 bits per heavy atom. The summed E-state index contributed by atoms with van der Waals surface area (Å²) in [6, 6.07) is 0. The molecular weight excluding hydrogens is 164 g/mol. The Balaban J connectivity index is 4.61. The van der Waals surface area contributed by atoms with Gasteiger partial charge in [-0.05, 0) is 11.1 Å². The molecule has 0 bridgehead atoms. The summed E-state index contributed by atoms with van der Waals surface area (Å²) in [5.41, 5.74) is 2.71. The Labute approximate surface area is 76.9 Å². The molecular formula is C10H20OSi. The van der Waals surface area contributed by atoms with E-state index in [4.69, 9.17) is 0 Å². The standard InChI is InChI=1S/C10H20OSi/c1-6-7-8-12(11,9(2)3)10(4)5/h6-11H,1H2,2-5H3/b8-7+. The molecule has 0 aliphatic rings. The highest BCUT2D eigenvalue weighted by Crippen LogP contribution is 2.30. The lowest BCUT2D eigenvalue weighted by atomic mass is 10.5. The van der Waals surface area contributed by atoms with E-state index in [2.05, 4.69) is 34.3 Å². The van der Waals surface area contributed by atoms with Gasteiger partial charge in [0.05, 0.1) is 0 Å². The van der Waals surface area contributed by atoms with Gasteiger partial charge in [-0.15, -0.1) is 0 Å². The summed E-state index contributed by atoms with van der Waals surface area (Å²) in [6.45, 7) is 11.9. The second-order valence-corrected chi connectivity index (χ2v) is 8.21. The fourth-order valence-corrected chi connectivity index (χ4v) is 3.82. The third kappa shape index (κ3) is 2.61. The van der Waals surface area contributed by atoms with Crippen molar-refractivity contribution in [2.75, 3.05) is 0 Å². The van der Waals surface area contributed by atoms with Crippen LogP contribution in [0.4, 0.5) is 0 Å². The van der Waals surface area contributed by atoms with E-state index in [0.29, 0.717) is 11.1 Å². The van der Waals surface area contributed by atoms with Crippen LogP contribution in [0.3, 0.4) is 0 Å². The fourth-order valence-electron chi connectivity index (χ4n) is 1.27. The van der Waals surface area contributed by atoms with Crippen molar-refractivity contribution in [3.05, 3.63) is 24.4 Å². The zero-order valence-electron chi connectivity index (χ0n) is 8.54. The van der Waals surface area contributed by atoms with Gasteiger partial charge in [0.1, 0.15) is 0 Å². The summed E-state index contributed by atoms with van der Waals surface area (Å²) in [5, 5.41) is 0. The summed E-state index contributed by atoms with van der Waals surface area (Å²) in [5.74, 6) is 0. The van der Waals surface area contributed by atoms with E-state index in [-0.39, 0.29) is 0 Å². The van der Waals surface area contributed by atoms with Crippen LogP contribution >= 0.6 is 0 Å². The first-order chi connectivity index (χ1) is 5.45. The number of allylic oxidation sites excluding steroid dienone is 2. The first-order valence-corrected chi connectivity index (χ1v) is 6.65. The van der Waals surface area contributed by atoms with Crippen LogP contribution in [0.1, 0.15) is 27.7 Å². The topological polar surface area (TPSA) is 20.2 Å². The first kappa shape index (κ1) is 11.7. The summed E-state index contributed by atoms with van der Waals surface area (Å²) in [7, 11) is -2.18. The van der Waals surface area contributed by atoms with Crippen molar-refractivity contribution in [3.8, 4) is 0 Å². The Kier molecular flexibility index (Phi) is 4.49. The summed E-state index contributed by atoms with van der Waals surface area (Å²) >= 11 is 0. The van der Waals surface area contributed by atoms with Crippen molar-refractivity contribution < 1.29 is 4.80 Å². The van der Waals surface area contributed by atoms with Gasteiger partial charge in [0.2, 0.25) is 8.32 Å². The Morgan fingerprint density at radius 1 is 1.17 bits per heavy atom. The highest BCUT2D eigenvalue weighted by Gasteiger charge is 2.35. The lowest BCUT2D eigenvalue weighted by molar-refractivity contribution is 0.511. The van der Waals surface area contributed by atoms with Crippen LogP contribution in [-0.2, 0) is 0 Å². The summed E-state index contributed by atoms with van der Waals surface area (Å²) in [6.07, 6.45) is 3.59. The molecule has 0 aromatic rings. The van der Waals surface area contributed by atoms with Crippen LogP contribution in [0.15, 0.2) is 24.4 Å². The van der Waals surface area contributed by atoms with Crippen molar-refractivity contribution in [3.63, 3.8) is 0 Å². The Morgan fingerprint density at radius 3 is 1.83 bits per heavy atom.